The summed E-state index contributed by atoms with van der Waals surface area (Å²) in [6, 6.07) is 9.30. The van der Waals surface area contributed by atoms with Crippen molar-refractivity contribution in [2.75, 3.05) is 0 Å². The number of hydrogen-bond donors (Lipinski definition) is 0. The Balaban J connectivity index is 2.10. The van der Waals surface area contributed by atoms with Crippen LogP contribution in [0.3, 0.4) is 0 Å². The molecule has 4 rings (SSSR count). The zero-order valence-electron chi connectivity index (χ0n) is 12.4. The highest BCUT2D eigenvalue weighted by Gasteiger charge is 2.54. The lowest BCUT2D eigenvalue weighted by Gasteiger charge is -2.32. The standard InChI is InChI=1S/C16H10BBr3F2N2/c1-9-2-3-10(8-11(9)18)16-12-4-6-14(19)23(12)17(21,22)24-13(16)5-7-15(24)20/h2-8H,1H3. The van der Waals surface area contributed by atoms with Gasteiger partial charge in [0.2, 0.25) is 4.62 Å². The van der Waals surface area contributed by atoms with E-state index in [0.717, 1.165) is 30.1 Å². The Hall–Kier alpha value is -0.985. The van der Waals surface area contributed by atoms with Gasteiger partial charge in [0.05, 0.1) is 10.2 Å². The van der Waals surface area contributed by atoms with Crippen molar-refractivity contribution < 1.29 is 13.1 Å². The Morgan fingerprint density at radius 2 is 1.79 bits per heavy atom. The molecule has 0 fully saturated rings. The SMILES string of the molecule is Cc1ccc(C2=C3C=CC(Br)=[N+]3[B-](F)(F)n3c(Br)ccc32)cc1Br. The molecule has 0 saturated carbocycles. The first-order valence-electron chi connectivity index (χ1n) is 7.22. The number of rotatable bonds is 1. The summed E-state index contributed by atoms with van der Waals surface area (Å²) in [4.78, 5) is 0. The van der Waals surface area contributed by atoms with Gasteiger partial charge in [0.1, 0.15) is 0 Å². The molecule has 0 spiro atoms. The highest BCUT2D eigenvalue weighted by Crippen LogP contribution is 2.42. The van der Waals surface area contributed by atoms with Gasteiger partial charge in [-0.1, -0.05) is 28.1 Å². The number of aromatic nitrogens is 1. The molecular weight excluding hydrogens is 509 g/mol. The third kappa shape index (κ3) is 2.19. The molecule has 1 aromatic heterocycles. The molecule has 0 amide bonds. The normalized spacial score (nSPS) is 18.2. The minimum absolute atomic E-state index is 0.359. The van der Waals surface area contributed by atoms with E-state index < -0.39 is 6.97 Å². The van der Waals surface area contributed by atoms with Crippen LogP contribution in [0.5, 0.6) is 0 Å². The van der Waals surface area contributed by atoms with Crippen LogP contribution in [-0.2, 0) is 0 Å². The summed E-state index contributed by atoms with van der Waals surface area (Å²) in [6.45, 7) is -1.98. The number of allylic oxidation sites excluding steroid dienone is 2. The molecule has 2 aliphatic heterocycles. The van der Waals surface area contributed by atoms with Gasteiger partial charge in [-0.3, -0.25) is 0 Å². The second-order valence-corrected chi connectivity index (χ2v) is 8.23. The summed E-state index contributed by atoms with van der Waals surface area (Å²) in [6.07, 6.45) is 3.39. The summed E-state index contributed by atoms with van der Waals surface area (Å²) in [5.41, 5.74) is 3.76. The second kappa shape index (κ2) is 5.51. The predicted molar refractivity (Wildman–Crippen MR) is 104 cm³/mol. The topological polar surface area (TPSA) is 7.94 Å². The third-order valence-electron chi connectivity index (χ3n) is 4.33. The van der Waals surface area contributed by atoms with Crippen LogP contribution in [0.15, 0.2) is 57.3 Å². The van der Waals surface area contributed by atoms with Gasteiger partial charge in [0, 0.05) is 38.2 Å². The van der Waals surface area contributed by atoms with E-state index in [1.807, 2.05) is 25.1 Å². The maximum Gasteiger partial charge on any atom is 0.738 e. The van der Waals surface area contributed by atoms with Gasteiger partial charge in [-0.2, -0.15) is 0 Å². The van der Waals surface area contributed by atoms with Gasteiger partial charge in [-0.25, -0.2) is 0 Å². The first kappa shape index (κ1) is 16.5. The van der Waals surface area contributed by atoms with Crippen molar-refractivity contribution >= 4 is 65.0 Å². The van der Waals surface area contributed by atoms with Crippen LogP contribution >= 0.6 is 47.8 Å². The fraction of sp³-hybridized carbons (Fsp3) is 0.0625. The molecule has 2 nitrogen and oxygen atoms in total. The van der Waals surface area contributed by atoms with E-state index in [1.54, 1.807) is 24.3 Å². The number of aryl methyl sites for hydroxylation is 1. The minimum atomic E-state index is -3.97. The lowest BCUT2D eigenvalue weighted by atomic mass is 9.86. The average molecular weight is 519 g/mol. The molecular formula is C16H10BBr3F2N2. The smallest absolute Gasteiger partial charge is 0.389 e. The van der Waals surface area contributed by atoms with E-state index in [-0.39, 0.29) is 0 Å². The van der Waals surface area contributed by atoms with Gasteiger partial charge >= 0.3 is 6.97 Å². The highest BCUT2D eigenvalue weighted by molar-refractivity contribution is 9.18. The molecule has 0 radical (unpaired) electrons. The molecule has 0 unspecified atom stereocenters. The molecule has 2 aromatic rings. The Morgan fingerprint density at radius 3 is 2.50 bits per heavy atom. The van der Waals surface area contributed by atoms with Crippen molar-refractivity contribution in [3.05, 3.63) is 74.1 Å². The van der Waals surface area contributed by atoms with E-state index >= 15 is 8.63 Å². The van der Waals surface area contributed by atoms with E-state index in [1.165, 1.54) is 0 Å². The lowest BCUT2D eigenvalue weighted by Crippen LogP contribution is -2.50. The Labute approximate surface area is 163 Å². The maximum atomic E-state index is 15.1. The Morgan fingerprint density at radius 1 is 1.04 bits per heavy atom. The van der Waals surface area contributed by atoms with E-state index in [9.17, 15) is 0 Å². The van der Waals surface area contributed by atoms with Crippen LogP contribution in [0.25, 0.3) is 5.57 Å². The van der Waals surface area contributed by atoms with Gasteiger partial charge in [0.15, 0.2) is 5.70 Å². The van der Waals surface area contributed by atoms with Crippen LogP contribution in [0, 0.1) is 6.92 Å². The van der Waals surface area contributed by atoms with E-state index in [0.29, 0.717) is 20.6 Å². The minimum Gasteiger partial charge on any atom is -0.389 e. The predicted octanol–water partition coefficient (Wildman–Crippen LogP) is 5.69. The molecule has 0 aliphatic carbocycles. The highest BCUT2D eigenvalue weighted by atomic mass is 79.9. The van der Waals surface area contributed by atoms with Gasteiger partial charge < -0.3 is 17.6 Å². The van der Waals surface area contributed by atoms with Crippen LogP contribution in [-0.4, -0.2) is 20.6 Å². The first-order chi connectivity index (χ1) is 11.3. The van der Waals surface area contributed by atoms with Crippen LogP contribution in [0.2, 0.25) is 0 Å². The van der Waals surface area contributed by atoms with Gasteiger partial charge in [-0.05, 0) is 52.2 Å². The molecule has 0 N–H and O–H groups in total. The van der Waals surface area contributed by atoms with Crippen LogP contribution in [0.4, 0.5) is 8.63 Å². The Kier molecular flexibility index (Phi) is 3.78. The van der Waals surface area contributed by atoms with Crippen molar-refractivity contribution in [2.24, 2.45) is 0 Å². The fourth-order valence-electron chi connectivity index (χ4n) is 3.18. The lowest BCUT2D eigenvalue weighted by molar-refractivity contribution is -0.358. The van der Waals surface area contributed by atoms with Crippen molar-refractivity contribution in [3.63, 3.8) is 0 Å². The number of nitrogens with zero attached hydrogens (tertiary/aromatic N) is 2. The van der Waals surface area contributed by atoms with Crippen molar-refractivity contribution in [1.29, 1.82) is 0 Å². The third-order valence-corrected chi connectivity index (χ3v) is 6.48. The number of fused-ring (bicyclic) bond motifs is 2. The van der Waals surface area contributed by atoms with Crippen LogP contribution < -0.4 is 0 Å². The summed E-state index contributed by atoms with van der Waals surface area (Å²) in [7, 11) is 0. The summed E-state index contributed by atoms with van der Waals surface area (Å²) >= 11 is 10.1. The van der Waals surface area contributed by atoms with Gasteiger partial charge in [0.25, 0.3) is 0 Å². The van der Waals surface area contributed by atoms with Gasteiger partial charge in [-0.15, -0.1) is 0 Å². The zero-order valence-corrected chi connectivity index (χ0v) is 17.2. The fourth-order valence-corrected chi connectivity index (χ4v) is 4.69. The summed E-state index contributed by atoms with van der Waals surface area (Å²) < 4.78 is 34.0. The summed E-state index contributed by atoms with van der Waals surface area (Å²) in [5, 5.41) is 0. The molecule has 0 atom stereocenters. The van der Waals surface area contributed by atoms with Crippen molar-refractivity contribution in [2.45, 2.75) is 6.92 Å². The van der Waals surface area contributed by atoms with Crippen molar-refractivity contribution in [1.82, 2.24) is 4.48 Å². The number of benzene rings is 1. The zero-order chi connectivity index (χ0) is 17.2. The van der Waals surface area contributed by atoms with Crippen LogP contribution in [0.1, 0.15) is 16.8 Å². The molecule has 2 aliphatic rings. The van der Waals surface area contributed by atoms with E-state index in [4.69, 9.17) is 0 Å². The largest absolute Gasteiger partial charge is 0.738 e. The molecule has 3 heterocycles. The average Bonchev–Trinajstić information content (AvgIpc) is 3.08. The molecule has 24 heavy (non-hydrogen) atoms. The Bertz CT molecular complexity index is 989. The quantitative estimate of drug-likeness (QED) is 0.429. The molecule has 1 aromatic carbocycles. The maximum absolute atomic E-state index is 15.1. The number of hydrogen-bond acceptors (Lipinski definition) is 0. The summed E-state index contributed by atoms with van der Waals surface area (Å²) in [5.74, 6) is 0. The molecule has 0 saturated heterocycles. The second-order valence-electron chi connectivity index (χ2n) is 5.75. The first-order valence-corrected chi connectivity index (χ1v) is 9.60. The molecule has 0 bridgehead atoms. The monoisotopic (exact) mass is 516 g/mol. The van der Waals surface area contributed by atoms with Crippen molar-refractivity contribution in [3.8, 4) is 0 Å². The van der Waals surface area contributed by atoms with E-state index in [2.05, 4.69) is 47.8 Å². The molecule has 122 valence electrons. The number of halogens is 5. The molecule has 8 heteroatoms.